The molecule has 1 saturated heterocycles. The molecular formula is C14H29N3O. The van der Waals surface area contributed by atoms with E-state index in [1.165, 1.54) is 6.54 Å². The lowest BCUT2D eigenvalue weighted by Gasteiger charge is -2.52. The lowest BCUT2D eigenvalue weighted by Crippen LogP contribution is -2.63. The largest absolute Gasteiger partial charge is 0.378 e. The van der Waals surface area contributed by atoms with Gasteiger partial charge in [0.15, 0.2) is 0 Å². The Hall–Kier alpha value is -0.160. The van der Waals surface area contributed by atoms with E-state index in [1.807, 2.05) is 0 Å². The second-order valence-corrected chi connectivity index (χ2v) is 6.33. The van der Waals surface area contributed by atoms with E-state index in [4.69, 9.17) is 10.5 Å². The summed E-state index contributed by atoms with van der Waals surface area (Å²) >= 11 is 0. The Morgan fingerprint density at radius 3 is 2.44 bits per heavy atom. The highest BCUT2D eigenvalue weighted by Crippen LogP contribution is 2.42. The van der Waals surface area contributed by atoms with Gasteiger partial charge in [0.25, 0.3) is 0 Å². The Labute approximate surface area is 111 Å². The van der Waals surface area contributed by atoms with Crippen LogP contribution in [-0.4, -0.2) is 67.8 Å². The van der Waals surface area contributed by atoms with Gasteiger partial charge in [-0.1, -0.05) is 6.92 Å². The summed E-state index contributed by atoms with van der Waals surface area (Å²) in [6.45, 7) is 8.35. The van der Waals surface area contributed by atoms with E-state index in [9.17, 15) is 0 Å². The summed E-state index contributed by atoms with van der Waals surface area (Å²) in [7, 11) is 4.37. The van der Waals surface area contributed by atoms with E-state index < -0.39 is 0 Å². The predicted octanol–water partition coefficient (Wildman–Crippen LogP) is 0.765. The van der Waals surface area contributed by atoms with Gasteiger partial charge in [-0.05, 0) is 39.8 Å². The molecule has 2 rings (SSSR count). The number of nitrogens with two attached hydrogens (primary N) is 1. The molecule has 0 aromatic rings. The maximum Gasteiger partial charge on any atom is 0.0611 e. The van der Waals surface area contributed by atoms with Crippen molar-refractivity contribution in [1.29, 1.82) is 0 Å². The van der Waals surface area contributed by atoms with Gasteiger partial charge in [-0.3, -0.25) is 4.90 Å². The number of hydrogen-bond donors (Lipinski definition) is 1. The predicted molar refractivity (Wildman–Crippen MR) is 74.6 cm³/mol. The van der Waals surface area contributed by atoms with Crippen molar-refractivity contribution in [3.8, 4) is 0 Å². The first-order valence-corrected chi connectivity index (χ1v) is 7.25. The minimum Gasteiger partial charge on any atom is -0.378 e. The van der Waals surface area contributed by atoms with Crippen LogP contribution in [-0.2, 0) is 4.74 Å². The van der Waals surface area contributed by atoms with Crippen LogP contribution in [0.2, 0.25) is 0 Å². The van der Waals surface area contributed by atoms with E-state index >= 15 is 0 Å². The number of likely N-dealkylation sites (tertiary alicyclic amines) is 1. The molecule has 2 aliphatic rings. The quantitative estimate of drug-likeness (QED) is 0.788. The Morgan fingerprint density at radius 1 is 1.33 bits per heavy atom. The summed E-state index contributed by atoms with van der Waals surface area (Å²) in [6, 6.07) is 0.666. The summed E-state index contributed by atoms with van der Waals surface area (Å²) in [5.74, 6) is 0.731. The van der Waals surface area contributed by atoms with Crippen LogP contribution in [0.5, 0.6) is 0 Å². The lowest BCUT2D eigenvalue weighted by atomic mass is 9.73. The fourth-order valence-corrected chi connectivity index (χ4v) is 3.70. The summed E-state index contributed by atoms with van der Waals surface area (Å²) in [5.41, 5.74) is 6.28. The van der Waals surface area contributed by atoms with Crippen molar-refractivity contribution >= 4 is 0 Å². The van der Waals surface area contributed by atoms with Crippen molar-refractivity contribution in [1.82, 2.24) is 9.80 Å². The maximum absolute atomic E-state index is 6.06. The second-order valence-electron chi connectivity index (χ2n) is 6.33. The van der Waals surface area contributed by atoms with Crippen LogP contribution < -0.4 is 5.73 Å². The molecule has 2 fully saturated rings. The van der Waals surface area contributed by atoms with Crippen LogP contribution in [0.4, 0.5) is 0 Å². The highest BCUT2D eigenvalue weighted by Gasteiger charge is 2.51. The van der Waals surface area contributed by atoms with Crippen LogP contribution in [0.1, 0.15) is 26.7 Å². The number of nitrogens with zero attached hydrogens (tertiary/aromatic N) is 2. The van der Waals surface area contributed by atoms with Crippen LogP contribution in [0.3, 0.4) is 0 Å². The Morgan fingerprint density at radius 2 is 2.00 bits per heavy atom. The minimum absolute atomic E-state index is 0.221. The van der Waals surface area contributed by atoms with E-state index in [0.29, 0.717) is 12.1 Å². The van der Waals surface area contributed by atoms with Gasteiger partial charge in [-0.15, -0.1) is 0 Å². The van der Waals surface area contributed by atoms with E-state index in [-0.39, 0.29) is 5.54 Å². The molecule has 0 bridgehead atoms. The summed E-state index contributed by atoms with van der Waals surface area (Å²) in [4.78, 5) is 4.98. The van der Waals surface area contributed by atoms with Crippen LogP contribution >= 0.6 is 0 Å². The molecule has 106 valence electrons. The third kappa shape index (κ3) is 2.44. The first kappa shape index (κ1) is 14.3. The molecule has 4 nitrogen and oxygen atoms in total. The molecule has 0 aromatic heterocycles. The lowest BCUT2D eigenvalue weighted by molar-refractivity contribution is -0.0948. The van der Waals surface area contributed by atoms with Gasteiger partial charge in [0.05, 0.1) is 6.10 Å². The van der Waals surface area contributed by atoms with Crippen LogP contribution in [0.15, 0.2) is 0 Å². The average Bonchev–Trinajstić information content (AvgIpc) is 2.65. The third-order valence-electron chi connectivity index (χ3n) is 4.90. The maximum atomic E-state index is 6.06. The zero-order chi connectivity index (χ0) is 13.3. The second kappa shape index (κ2) is 5.45. The van der Waals surface area contributed by atoms with Gasteiger partial charge < -0.3 is 15.4 Å². The third-order valence-corrected chi connectivity index (χ3v) is 4.90. The van der Waals surface area contributed by atoms with Gasteiger partial charge in [-0.2, -0.15) is 0 Å². The molecule has 0 spiro atoms. The topological polar surface area (TPSA) is 41.7 Å². The molecule has 4 heteroatoms. The molecule has 1 heterocycles. The van der Waals surface area contributed by atoms with Crippen molar-refractivity contribution in [2.75, 3.05) is 40.3 Å². The zero-order valence-corrected chi connectivity index (χ0v) is 12.4. The highest BCUT2D eigenvalue weighted by molar-refractivity contribution is 5.07. The van der Waals surface area contributed by atoms with Gasteiger partial charge in [0.2, 0.25) is 0 Å². The molecule has 0 amide bonds. The van der Waals surface area contributed by atoms with E-state index in [0.717, 1.165) is 38.5 Å². The molecule has 1 saturated carbocycles. The summed E-state index contributed by atoms with van der Waals surface area (Å²) in [6.07, 6.45) is 2.67. The SMILES string of the molecule is CCOC1CC(CN)(N2CC(C)C(N(C)C)C2)C1. The Kier molecular flexibility index (Phi) is 4.32. The van der Waals surface area contributed by atoms with Crippen molar-refractivity contribution in [2.24, 2.45) is 11.7 Å². The molecule has 2 unspecified atom stereocenters. The number of hydrogen-bond acceptors (Lipinski definition) is 4. The first-order valence-electron chi connectivity index (χ1n) is 7.25. The Bertz CT molecular complexity index is 276. The van der Waals surface area contributed by atoms with E-state index in [2.05, 4.69) is 37.7 Å². The van der Waals surface area contributed by atoms with Crippen molar-refractivity contribution in [2.45, 2.75) is 44.4 Å². The molecular weight excluding hydrogens is 226 g/mol. The molecule has 2 N–H and O–H groups in total. The van der Waals surface area contributed by atoms with Gasteiger partial charge in [0, 0.05) is 37.8 Å². The molecule has 0 radical (unpaired) electrons. The van der Waals surface area contributed by atoms with E-state index in [1.54, 1.807) is 0 Å². The highest BCUT2D eigenvalue weighted by atomic mass is 16.5. The summed E-state index contributed by atoms with van der Waals surface area (Å²) in [5, 5.41) is 0. The normalized spacial score (nSPS) is 41.3. The van der Waals surface area contributed by atoms with Gasteiger partial charge in [-0.25, -0.2) is 0 Å². The monoisotopic (exact) mass is 255 g/mol. The average molecular weight is 255 g/mol. The smallest absolute Gasteiger partial charge is 0.0611 e. The fraction of sp³-hybridized carbons (Fsp3) is 1.00. The number of rotatable bonds is 5. The molecule has 18 heavy (non-hydrogen) atoms. The minimum atomic E-state index is 0.221. The molecule has 2 atom stereocenters. The van der Waals surface area contributed by atoms with Gasteiger partial charge >= 0.3 is 0 Å². The zero-order valence-electron chi connectivity index (χ0n) is 12.4. The van der Waals surface area contributed by atoms with Crippen LogP contribution in [0.25, 0.3) is 0 Å². The summed E-state index contributed by atoms with van der Waals surface area (Å²) < 4.78 is 5.70. The first-order chi connectivity index (χ1) is 8.52. The number of likely N-dealkylation sites (N-methyl/N-ethyl adjacent to an activating group) is 1. The van der Waals surface area contributed by atoms with Crippen molar-refractivity contribution in [3.05, 3.63) is 0 Å². The Balaban J connectivity index is 1.95. The van der Waals surface area contributed by atoms with Gasteiger partial charge in [0.1, 0.15) is 0 Å². The molecule has 1 aliphatic heterocycles. The van der Waals surface area contributed by atoms with Crippen molar-refractivity contribution < 1.29 is 4.74 Å². The van der Waals surface area contributed by atoms with Crippen LogP contribution in [0, 0.1) is 5.92 Å². The number of ether oxygens (including phenoxy) is 1. The van der Waals surface area contributed by atoms with Crippen molar-refractivity contribution in [3.63, 3.8) is 0 Å². The standard InChI is InChI=1S/C14H29N3O/c1-5-18-12-6-14(7-12,10-15)17-8-11(2)13(9-17)16(3)4/h11-13H,5-10,15H2,1-4H3. The molecule has 1 aliphatic carbocycles. The molecule has 0 aromatic carbocycles. The fourth-order valence-electron chi connectivity index (χ4n) is 3.70.